The third-order valence-electron chi connectivity index (χ3n) is 3.53. The van der Waals surface area contributed by atoms with Gasteiger partial charge in [0.2, 0.25) is 5.91 Å². The minimum Gasteiger partial charge on any atom is -0.478 e. The largest absolute Gasteiger partial charge is 0.478 e. The van der Waals surface area contributed by atoms with Crippen LogP contribution in [0.25, 0.3) is 0 Å². The second kappa shape index (κ2) is 6.53. The maximum absolute atomic E-state index is 11.9. The molecular formula is C16H16N2O6. The first-order chi connectivity index (χ1) is 11.2. The van der Waals surface area contributed by atoms with Crippen LogP contribution in [0.4, 0.5) is 16.2 Å². The lowest BCUT2D eigenvalue weighted by Crippen LogP contribution is -2.32. The quantitative estimate of drug-likeness (QED) is 0.511. The van der Waals surface area contributed by atoms with Crippen LogP contribution in [0.1, 0.15) is 19.4 Å². The smallest absolute Gasteiger partial charge is 0.414 e. The van der Waals surface area contributed by atoms with E-state index in [-0.39, 0.29) is 6.61 Å². The zero-order valence-electron chi connectivity index (χ0n) is 13.4. The number of cyclic esters (lactones) is 1. The molecule has 1 aromatic rings. The number of ketones is 1. The highest BCUT2D eigenvalue weighted by atomic mass is 16.6. The highest BCUT2D eigenvalue weighted by Gasteiger charge is 2.24. The Balaban J connectivity index is 2.49. The summed E-state index contributed by atoms with van der Waals surface area (Å²) < 4.78 is 4.99. The third-order valence-corrected chi connectivity index (χ3v) is 3.53. The lowest BCUT2D eigenvalue weighted by atomic mass is 10.1. The van der Waals surface area contributed by atoms with E-state index >= 15 is 0 Å². The molecular weight excluding hydrogens is 316 g/mol. The summed E-state index contributed by atoms with van der Waals surface area (Å²) in [6.45, 7) is 2.40. The van der Waals surface area contributed by atoms with Crippen LogP contribution in [-0.2, 0) is 25.7 Å². The molecule has 1 N–H and O–H groups in total. The standard InChI is InChI=1S/C16H16N2O6/c1-9(19)13(15(21)22)7-18(10(2)20)12-4-5-14-11(6-12)8-24-16(23)17(14)3/h4-7H,8H2,1-3H3,(H,21,22)/b13-7+. The fraction of sp³-hybridized carbons (Fsp3) is 0.250. The number of hydrogen-bond donors (Lipinski definition) is 1. The molecule has 8 heteroatoms. The van der Waals surface area contributed by atoms with Crippen molar-refractivity contribution in [2.45, 2.75) is 20.5 Å². The number of carboxylic acids is 1. The van der Waals surface area contributed by atoms with E-state index in [1.807, 2.05) is 0 Å². The Hall–Kier alpha value is -3.16. The maximum atomic E-state index is 11.9. The van der Waals surface area contributed by atoms with Crippen molar-refractivity contribution in [1.82, 2.24) is 0 Å². The van der Waals surface area contributed by atoms with Crippen molar-refractivity contribution >= 4 is 35.1 Å². The van der Waals surface area contributed by atoms with E-state index in [4.69, 9.17) is 9.84 Å². The van der Waals surface area contributed by atoms with Crippen LogP contribution >= 0.6 is 0 Å². The molecule has 0 radical (unpaired) electrons. The van der Waals surface area contributed by atoms with Gasteiger partial charge in [0.25, 0.3) is 0 Å². The Labute approximate surface area is 137 Å². The molecule has 2 rings (SSSR count). The molecule has 0 spiro atoms. The topological polar surface area (TPSA) is 104 Å². The number of nitrogens with zero attached hydrogens (tertiary/aromatic N) is 2. The van der Waals surface area contributed by atoms with Crippen molar-refractivity contribution in [2.24, 2.45) is 0 Å². The molecule has 0 saturated heterocycles. The second-order valence-electron chi connectivity index (χ2n) is 5.22. The number of ether oxygens (including phenoxy) is 1. The average Bonchev–Trinajstić information content (AvgIpc) is 2.50. The lowest BCUT2D eigenvalue weighted by Gasteiger charge is -2.27. The summed E-state index contributed by atoms with van der Waals surface area (Å²) in [4.78, 5) is 48.4. The summed E-state index contributed by atoms with van der Waals surface area (Å²) in [6, 6.07) is 4.80. The number of rotatable bonds is 4. The predicted octanol–water partition coefficient (Wildman–Crippen LogP) is 1.68. The van der Waals surface area contributed by atoms with E-state index in [9.17, 15) is 19.2 Å². The van der Waals surface area contributed by atoms with Crippen LogP contribution in [0.3, 0.4) is 0 Å². The molecule has 0 bridgehead atoms. The molecule has 0 fully saturated rings. The minimum atomic E-state index is -1.42. The molecule has 0 unspecified atom stereocenters. The van der Waals surface area contributed by atoms with Gasteiger partial charge in [0.1, 0.15) is 12.2 Å². The molecule has 24 heavy (non-hydrogen) atoms. The maximum Gasteiger partial charge on any atom is 0.414 e. The Morgan fingerprint density at radius 2 is 1.96 bits per heavy atom. The summed E-state index contributed by atoms with van der Waals surface area (Å²) in [5.41, 5.74) is 1.15. The van der Waals surface area contributed by atoms with Crippen LogP contribution in [-0.4, -0.2) is 35.9 Å². The number of anilines is 2. The molecule has 0 atom stereocenters. The molecule has 0 aliphatic carbocycles. The molecule has 1 heterocycles. The number of Topliss-reactive ketones (excluding diaryl/α,β-unsaturated/α-hetero) is 1. The first-order valence-corrected chi connectivity index (χ1v) is 7.01. The zero-order valence-corrected chi connectivity index (χ0v) is 13.4. The van der Waals surface area contributed by atoms with Gasteiger partial charge < -0.3 is 9.84 Å². The fourth-order valence-electron chi connectivity index (χ4n) is 2.27. The minimum absolute atomic E-state index is 0.0420. The van der Waals surface area contributed by atoms with Gasteiger partial charge in [0.15, 0.2) is 5.78 Å². The normalized spacial score (nSPS) is 13.9. The van der Waals surface area contributed by atoms with Crippen molar-refractivity contribution in [3.63, 3.8) is 0 Å². The van der Waals surface area contributed by atoms with Gasteiger partial charge >= 0.3 is 12.1 Å². The Kier molecular flexibility index (Phi) is 4.68. The molecule has 0 aromatic heterocycles. The SMILES string of the molecule is CC(=O)/C(=C\N(C(C)=O)c1ccc2c(c1)COC(=O)N2C)C(=O)O. The Morgan fingerprint density at radius 1 is 1.29 bits per heavy atom. The predicted molar refractivity (Wildman–Crippen MR) is 84.6 cm³/mol. The summed E-state index contributed by atoms with van der Waals surface area (Å²) in [7, 11) is 1.56. The average molecular weight is 332 g/mol. The van der Waals surface area contributed by atoms with Gasteiger partial charge in [0, 0.05) is 31.4 Å². The fourth-order valence-corrected chi connectivity index (χ4v) is 2.27. The summed E-state index contributed by atoms with van der Waals surface area (Å²) in [5.74, 6) is -2.54. The highest BCUT2D eigenvalue weighted by Crippen LogP contribution is 2.30. The lowest BCUT2D eigenvalue weighted by molar-refractivity contribution is -0.134. The van der Waals surface area contributed by atoms with Crippen molar-refractivity contribution < 1.29 is 29.0 Å². The van der Waals surface area contributed by atoms with E-state index in [0.29, 0.717) is 16.9 Å². The number of carbonyl (C=O) groups is 4. The first kappa shape index (κ1) is 17.2. The number of fused-ring (bicyclic) bond motifs is 1. The summed E-state index contributed by atoms with van der Waals surface area (Å²) >= 11 is 0. The summed E-state index contributed by atoms with van der Waals surface area (Å²) in [5, 5.41) is 9.09. The summed E-state index contributed by atoms with van der Waals surface area (Å²) in [6.07, 6.45) is 0.510. The molecule has 1 aromatic carbocycles. The van der Waals surface area contributed by atoms with Crippen LogP contribution in [0.2, 0.25) is 0 Å². The molecule has 2 amide bonds. The Bertz CT molecular complexity index is 752. The van der Waals surface area contributed by atoms with Crippen LogP contribution < -0.4 is 9.80 Å². The van der Waals surface area contributed by atoms with E-state index < -0.39 is 29.3 Å². The highest BCUT2D eigenvalue weighted by molar-refractivity contribution is 6.16. The van der Waals surface area contributed by atoms with Crippen LogP contribution in [0.15, 0.2) is 30.0 Å². The zero-order chi connectivity index (χ0) is 18.0. The first-order valence-electron chi connectivity index (χ1n) is 7.01. The van der Waals surface area contributed by atoms with Crippen molar-refractivity contribution in [3.05, 3.63) is 35.5 Å². The van der Waals surface area contributed by atoms with E-state index in [1.54, 1.807) is 25.2 Å². The number of carboxylic acid groups (broad SMARTS) is 1. The van der Waals surface area contributed by atoms with Gasteiger partial charge in [0.05, 0.1) is 5.69 Å². The van der Waals surface area contributed by atoms with Gasteiger partial charge in [-0.25, -0.2) is 9.59 Å². The number of aliphatic carboxylic acids is 1. The van der Waals surface area contributed by atoms with Gasteiger partial charge in [-0.2, -0.15) is 0 Å². The third kappa shape index (κ3) is 3.27. The number of hydrogen-bond acceptors (Lipinski definition) is 5. The Morgan fingerprint density at radius 3 is 2.50 bits per heavy atom. The van der Waals surface area contributed by atoms with Crippen molar-refractivity contribution in [3.8, 4) is 0 Å². The molecule has 8 nitrogen and oxygen atoms in total. The van der Waals surface area contributed by atoms with Crippen LogP contribution in [0.5, 0.6) is 0 Å². The number of benzene rings is 1. The van der Waals surface area contributed by atoms with Gasteiger partial charge in [-0.3, -0.25) is 19.4 Å². The molecule has 0 saturated carbocycles. The van der Waals surface area contributed by atoms with Crippen molar-refractivity contribution in [1.29, 1.82) is 0 Å². The second-order valence-corrected chi connectivity index (χ2v) is 5.22. The van der Waals surface area contributed by atoms with Gasteiger partial charge in [-0.1, -0.05) is 0 Å². The molecule has 1 aliphatic heterocycles. The van der Waals surface area contributed by atoms with E-state index in [0.717, 1.165) is 18.0 Å². The van der Waals surface area contributed by atoms with Gasteiger partial charge in [-0.15, -0.1) is 0 Å². The van der Waals surface area contributed by atoms with E-state index in [2.05, 4.69) is 0 Å². The molecule has 126 valence electrons. The monoisotopic (exact) mass is 332 g/mol. The van der Waals surface area contributed by atoms with Crippen LogP contribution in [0, 0.1) is 0 Å². The number of amides is 2. The van der Waals surface area contributed by atoms with Gasteiger partial charge in [-0.05, 0) is 25.1 Å². The number of carbonyl (C=O) groups excluding carboxylic acids is 3. The van der Waals surface area contributed by atoms with Crippen molar-refractivity contribution in [2.75, 3.05) is 16.8 Å². The van der Waals surface area contributed by atoms with E-state index in [1.165, 1.54) is 11.8 Å². The molecule has 1 aliphatic rings.